The van der Waals surface area contributed by atoms with E-state index in [1.807, 2.05) is 67.6 Å². The van der Waals surface area contributed by atoms with Crippen molar-refractivity contribution >= 4 is 15.2 Å². The van der Waals surface area contributed by atoms with Crippen LogP contribution in [0.3, 0.4) is 0 Å². The van der Waals surface area contributed by atoms with Crippen LogP contribution in [0.15, 0.2) is 60.7 Å². The lowest BCUT2D eigenvalue weighted by Crippen LogP contribution is -2.32. The molecule has 1 atom stereocenters. The molecule has 0 bridgehead atoms. The molecule has 98 valence electrons. The molecule has 2 nitrogen and oxygen atoms in total. The lowest BCUT2D eigenvalue weighted by Gasteiger charge is -2.28. The van der Waals surface area contributed by atoms with Gasteiger partial charge >= 0.3 is 5.97 Å². The Hall–Kier alpha value is -1.66. The fourth-order valence-electron chi connectivity index (χ4n) is 2.05. The third-order valence-electron chi connectivity index (χ3n) is 3.06. The highest BCUT2D eigenvalue weighted by Gasteiger charge is 2.38. The zero-order valence-electron chi connectivity index (χ0n) is 10.9. The number of ether oxygens (including phenoxy) is 1. The minimum atomic E-state index is -0.849. The predicted molar refractivity (Wildman–Crippen MR) is 80.0 cm³/mol. The van der Waals surface area contributed by atoms with Gasteiger partial charge in [0.2, 0.25) is 0 Å². The Morgan fingerprint density at radius 1 is 1.00 bits per heavy atom. The van der Waals surface area contributed by atoms with Crippen molar-refractivity contribution < 1.29 is 9.53 Å². The lowest BCUT2D eigenvalue weighted by molar-refractivity contribution is -0.145. The Kier molecular flexibility index (Phi) is 4.34. The predicted octanol–water partition coefficient (Wildman–Crippen LogP) is 3.37. The maximum absolute atomic E-state index is 12.4. The first-order chi connectivity index (χ1) is 9.19. The Labute approximate surface area is 116 Å². The zero-order chi connectivity index (χ0) is 13.7. The largest absolute Gasteiger partial charge is 0.465 e. The SMILES string of the molecule is CCOC(=O)C(P)(c1ccccc1)c1ccccc1. The fraction of sp³-hybridized carbons (Fsp3) is 0.188. The maximum atomic E-state index is 12.4. The van der Waals surface area contributed by atoms with Crippen LogP contribution < -0.4 is 0 Å². The lowest BCUT2D eigenvalue weighted by atomic mass is 9.90. The van der Waals surface area contributed by atoms with E-state index < -0.39 is 5.16 Å². The van der Waals surface area contributed by atoms with Crippen molar-refractivity contribution in [2.75, 3.05) is 6.61 Å². The second-order valence-corrected chi connectivity index (χ2v) is 5.13. The zero-order valence-corrected chi connectivity index (χ0v) is 12.0. The normalized spacial score (nSPS) is 11.1. The molecule has 0 aliphatic carbocycles. The smallest absolute Gasteiger partial charge is 0.324 e. The van der Waals surface area contributed by atoms with Crippen molar-refractivity contribution in [1.29, 1.82) is 0 Å². The van der Waals surface area contributed by atoms with Crippen LogP contribution in [0.4, 0.5) is 0 Å². The van der Waals surface area contributed by atoms with E-state index in [1.165, 1.54) is 0 Å². The first kappa shape index (κ1) is 13.8. The summed E-state index contributed by atoms with van der Waals surface area (Å²) in [6.45, 7) is 2.19. The van der Waals surface area contributed by atoms with E-state index in [4.69, 9.17) is 4.74 Å². The van der Waals surface area contributed by atoms with Crippen LogP contribution in [0.25, 0.3) is 0 Å². The van der Waals surface area contributed by atoms with Gasteiger partial charge < -0.3 is 4.74 Å². The van der Waals surface area contributed by atoms with Gasteiger partial charge in [0.15, 0.2) is 0 Å². The Balaban J connectivity index is 2.54. The number of benzene rings is 2. The minimum absolute atomic E-state index is 0.252. The second-order valence-electron chi connectivity index (χ2n) is 4.26. The summed E-state index contributed by atoms with van der Waals surface area (Å²) in [4.78, 5) is 12.4. The van der Waals surface area contributed by atoms with Gasteiger partial charge in [-0.25, -0.2) is 0 Å². The number of carbonyl (C=O) groups excluding carboxylic acids is 1. The van der Waals surface area contributed by atoms with Gasteiger partial charge in [-0.3, -0.25) is 4.79 Å². The van der Waals surface area contributed by atoms with Crippen LogP contribution in [-0.4, -0.2) is 12.6 Å². The quantitative estimate of drug-likeness (QED) is 0.630. The number of esters is 1. The molecule has 0 amide bonds. The summed E-state index contributed by atoms with van der Waals surface area (Å²) in [6, 6.07) is 19.3. The molecular formula is C16H17O2P. The van der Waals surface area contributed by atoms with E-state index in [2.05, 4.69) is 9.24 Å². The van der Waals surface area contributed by atoms with E-state index in [0.717, 1.165) is 11.1 Å². The van der Waals surface area contributed by atoms with Gasteiger partial charge in [0, 0.05) is 0 Å². The summed E-state index contributed by atoms with van der Waals surface area (Å²) in [5.74, 6) is -0.252. The highest BCUT2D eigenvalue weighted by atomic mass is 31.0. The monoisotopic (exact) mass is 272 g/mol. The number of rotatable bonds is 4. The van der Waals surface area contributed by atoms with Gasteiger partial charge in [-0.1, -0.05) is 60.7 Å². The third kappa shape index (κ3) is 2.69. The van der Waals surface area contributed by atoms with Crippen molar-refractivity contribution in [2.45, 2.75) is 12.1 Å². The van der Waals surface area contributed by atoms with Crippen LogP contribution >= 0.6 is 9.24 Å². The van der Waals surface area contributed by atoms with Crippen molar-refractivity contribution in [3.8, 4) is 0 Å². The van der Waals surface area contributed by atoms with Crippen LogP contribution in [0, 0.1) is 0 Å². The molecule has 2 aromatic carbocycles. The topological polar surface area (TPSA) is 26.3 Å². The molecule has 1 unspecified atom stereocenters. The second kappa shape index (κ2) is 5.99. The van der Waals surface area contributed by atoms with Crippen LogP contribution in [0.5, 0.6) is 0 Å². The average molecular weight is 272 g/mol. The van der Waals surface area contributed by atoms with Crippen molar-refractivity contribution in [1.82, 2.24) is 0 Å². The van der Waals surface area contributed by atoms with E-state index in [0.29, 0.717) is 6.61 Å². The van der Waals surface area contributed by atoms with Gasteiger partial charge in [0.05, 0.1) is 6.61 Å². The molecule has 0 N–H and O–H groups in total. The van der Waals surface area contributed by atoms with E-state index in [9.17, 15) is 4.79 Å². The van der Waals surface area contributed by atoms with Gasteiger partial charge in [-0.05, 0) is 18.1 Å². The van der Waals surface area contributed by atoms with Gasteiger partial charge in [0.25, 0.3) is 0 Å². The minimum Gasteiger partial charge on any atom is -0.465 e. The average Bonchev–Trinajstić information content (AvgIpc) is 2.48. The molecule has 3 heteroatoms. The van der Waals surface area contributed by atoms with Crippen molar-refractivity contribution in [3.63, 3.8) is 0 Å². The number of carbonyl (C=O) groups is 1. The molecular weight excluding hydrogens is 255 g/mol. The number of hydrogen-bond acceptors (Lipinski definition) is 2. The summed E-state index contributed by atoms with van der Waals surface area (Å²) in [5.41, 5.74) is 1.81. The van der Waals surface area contributed by atoms with Crippen LogP contribution in [0.1, 0.15) is 18.1 Å². The van der Waals surface area contributed by atoms with E-state index in [-0.39, 0.29) is 5.97 Å². The van der Waals surface area contributed by atoms with Gasteiger partial charge in [-0.15, -0.1) is 9.24 Å². The maximum Gasteiger partial charge on any atom is 0.324 e. The molecule has 2 rings (SSSR count). The van der Waals surface area contributed by atoms with Crippen LogP contribution in [-0.2, 0) is 14.7 Å². The summed E-state index contributed by atoms with van der Waals surface area (Å²) >= 11 is 0. The third-order valence-corrected chi connectivity index (χ3v) is 3.96. The standard InChI is InChI=1S/C16H17O2P/c1-2-18-15(17)16(19,13-9-5-3-6-10-13)14-11-7-4-8-12-14/h3-12H,2,19H2,1H3. The summed E-state index contributed by atoms with van der Waals surface area (Å²) in [6.07, 6.45) is 0. The van der Waals surface area contributed by atoms with Gasteiger partial charge in [0.1, 0.15) is 5.16 Å². The Morgan fingerprint density at radius 3 is 1.79 bits per heavy atom. The highest BCUT2D eigenvalue weighted by molar-refractivity contribution is 7.21. The summed E-state index contributed by atoms with van der Waals surface area (Å²) < 4.78 is 5.26. The summed E-state index contributed by atoms with van der Waals surface area (Å²) in [5, 5.41) is -0.849. The van der Waals surface area contributed by atoms with Crippen molar-refractivity contribution in [2.24, 2.45) is 0 Å². The molecule has 0 aromatic heterocycles. The fourth-order valence-corrected chi connectivity index (χ4v) is 2.52. The molecule has 19 heavy (non-hydrogen) atoms. The Bertz CT molecular complexity index is 498. The molecule has 0 saturated heterocycles. The molecule has 0 radical (unpaired) electrons. The first-order valence-electron chi connectivity index (χ1n) is 6.26. The molecule has 0 fully saturated rings. The van der Waals surface area contributed by atoms with E-state index >= 15 is 0 Å². The van der Waals surface area contributed by atoms with Crippen molar-refractivity contribution in [3.05, 3.63) is 71.8 Å². The Morgan fingerprint density at radius 2 is 1.42 bits per heavy atom. The van der Waals surface area contributed by atoms with Crippen LogP contribution in [0.2, 0.25) is 0 Å². The molecule has 0 aliphatic rings. The van der Waals surface area contributed by atoms with E-state index in [1.54, 1.807) is 0 Å². The number of hydrogen-bond donors (Lipinski definition) is 0. The van der Waals surface area contributed by atoms with Gasteiger partial charge in [-0.2, -0.15) is 0 Å². The molecule has 0 saturated carbocycles. The summed E-state index contributed by atoms with van der Waals surface area (Å²) in [7, 11) is 2.66. The molecule has 0 spiro atoms. The molecule has 0 aliphatic heterocycles. The molecule has 2 aromatic rings. The highest BCUT2D eigenvalue weighted by Crippen LogP contribution is 2.39. The first-order valence-corrected chi connectivity index (χ1v) is 6.84. The molecule has 0 heterocycles.